The van der Waals surface area contributed by atoms with Crippen molar-refractivity contribution in [2.24, 2.45) is 7.05 Å². The van der Waals surface area contributed by atoms with Gasteiger partial charge in [-0.05, 0) is 80.5 Å². The van der Waals surface area contributed by atoms with Crippen LogP contribution in [0.1, 0.15) is 29.5 Å². The van der Waals surface area contributed by atoms with Crippen LogP contribution in [0.2, 0.25) is 0 Å². The van der Waals surface area contributed by atoms with Crippen LogP contribution < -0.4 is 14.8 Å². The number of piperidine rings is 1. The molecule has 2 aromatic heterocycles. The first-order valence-corrected chi connectivity index (χ1v) is 13.2. The van der Waals surface area contributed by atoms with Crippen molar-refractivity contribution in [2.45, 2.75) is 37.2 Å². The summed E-state index contributed by atoms with van der Waals surface area (Å²) in [6.07, 6.45) is 5.61. The molecule has 0 aliphatic carbocycles. The fraction of sp³-hybridized carbons (Fsp3) is 0.321. The van der Waals surface area contributed by atoms with Gasteiger partial charge < -0.3 is 14.8 Å². The van der Waals surface area contributed by atoms with Gasteiger partial charge in [0.05, 0.1) is 22.4 Å². The maximum Gasteiger partial charge on any atom is 0.237 e. The fourth-order valence-electron chi connectivity index (χ4n) is 4.81. The van der Waals surface area contributed by atoms with Gasteiger partial charge in [0.25, 0.3) is 0 Å². The largest absolute Gasteiger partial charge is 0.439 e. The number of methoxy groups -OCH3 is 1. The third-order valence-electron chi connectivity index (χ3n) is 6.79. The smallest absolute Gasteiger partial charge is 0.237 e. The number of aromatic nitrogens is 4. The van der Waals surface area contributed by atoms with E-state index in [1.807, 2.05) is 31.4 Å². The molecule has 3 heterocycles. The lowest BCUT2D eigenvalue weighted by atomic mass is 9.85. The van der Waals surface area contributed by atoms with E-state index in [0.717, 1.165) is 58.8 Å². The van der Waals surface area contributed by atoms with E-state index in [2.05, 4.69) is 64.3 Å². The van der Waals surface area contributed by atoms with Crippen molar-refractivity contribution in [1.82, 2.24) is 25.1 Å². The lowest BCUT2D eigenvalue weighted by Crippen LogP contribution is -2.41. The molecule has 0 amide bonds. The molecule has 8 nitrogen and oxygen atoms in total. The summed E-state index contributed by atoms with van der Waals surface area (Å²) in [6, 6.07) is 16.3. The maximum absolute atomic E-state index is 6.26. The Bertz CT molecular complexity index is 1350. The highest BCUT2D eigenvalue weighted by Crippen LogP contribution is 2.36. The van der Waals surface area contributed by atoms with Gasteiger partial charge in [-0.1, -0.05) is 30.3 Å². The molecule has 0 unspecified atom stereocenters. The Labute approximate surface area is 222 Å². The van der Waals surface area contributed by atoms with Crippen molar-refractivity contribution < 1.29 is 9.47 Å². The molecular weight excluding hydrogens is 484 g/mol. The Morgan fingerprint density at radius 2 is 1.76 bits per heavy atom. The van der Waals surface area contributed by atoms with Crippen molar-refractivity contribution in [1.29, 1.82) is 0 Å². The second-order valence-electron chi connectivity index (χ2n) is 9.31. The van der Waals surface area contributed by atoms with Gasteiger partial charge in [-0.3, -0.25) is 9.40 Å². The molecule has 1 aliphatic rings. The number of ether oxygens (including phenoxy) is 2. The van der Waals surface area contributed by atoms with E-state index in [-0.39, 0.29) is 5.60 Å². The highest BCUT2D eigenvalue weighted by atomic mass is 32.2. The zero-order valence-electron chi connectivity index (χ0n) is 21.6. The van der Waals surface area contributed by atoms with Crippen molar-refractivity contribution >= 4 is 17.9 Å². The van der Waals surface area contributed by atoms with Gasteiger partial charge in [-0.2, -0.15) is 10.1 Å². The first-order chi connectivity index (χ1) is 18.0. The minimum atomic E-state index is -0.255. The Kier molecular flexibility index (Phi) is 7.45. The van der Waals surface area contributed by atoms with Crippen LogP contribution in [0.4, 0.5) is 5.95 Å². The summed E-state index contributed by atoms with van der Waals surface area (Å²) in [5.41, 5.74) is 5.08. The van der Waals surface area contributed by atoms with Crippen LogP contribution in [0.25, 0.3) is 11.3 Å². The highest BCUT2D eigenvalue weighted by molar-refractivity contribution is 8.00. The van der Waals surface area contributed by atoms with E-state index in [4.69, 9.17) is 14.5 Å². The van der Waals surface area contributed by atoms with E-state index in [9.17, 15) is 0 Å². The van der Waals surface area contributed by atoms with Gasteiger partial charge in [-0.15, -0.1) is 0 Å². The van der Waals surface area contributed by atoms with Gasteiger partial charge in [0.1, 0.15) is 5.75 Å². The second kappa shape index (κ2) is 10.9. The van der Waals surface area contributed by atoms with E-state index in [0.29, 0.717) is 17.6 Å². The Hall–Kier alpha value is -3.40. The topological polar surface area (TPSA) is 86.1 Å². The van der Waals surface area contributed by atoms with Gasteiger partial charge in [0, 0.05) is 32.0 Å². The quantitative estimate of drug-likeness (QED) is 0.292. The average molecular weight is 517 g/mol. The number of hydrogen-bond acceptors (Lipinski definition) is 8. The number of aryl methyl sites for hydroxylation is 3. The van der Waals surface area contributed by atoms with Crippen LogP contribution in [0.3, 0.4) is 0 Å². The molecule has 9 heteroatoms. The van der Waals surface area contributed by atoms with Crippen LogP contribution in [-0.2, 0) is 17.4 Å². The number of benzene rings is 2. The number of nitrogens with zero attached hydrogens (tertiary/aromatic N) is 4. The Balaban J connectivity index is 1.44. The number of nitrogens with one attached hydrogen (secondary N) is 2. The Morgan fingerprint density at radius 3 is 2.41 bits per heavy atom. The molecule has 2 aromatic carbocycles. The van der Waals surface area contributed by atoms with E-state index < -0.39 is 0 Å². The molecule has 4 aromatic rings. The lowest BCUT2D eigenvalue weighted by molar-refractivity contribution is -0.0391. The normalized spacial score (nSPS) is 14.9. The summed E-state index contributed by atoms with van der Waals surface area (Å²) >= 11 is 1.41. The zero-order valence-corrected chi connectivity index (χ0v) is 22.4. The van der Waals surface area contributed by atoms with Crippen LogP contribution in [0.5, 0.6) is 11.6 Å². The molecule has 37 heavy (non-hydrogen) atoms. The third-order valence-corrected chi connectivity index (χ3v) is 7.52. The SMILES string of the molecule is COC1(c2ccc(Oc3cc(-c4c(C)cccc4C)nc(NSc4cnn(C)c4)n3)cc2)CCNCC1. The van der Waals surface area contributed by atoms with Gasteiger partial charge in [0.15, 0.2) is 0 Å². The van der Waals surface area contributed by atoms with Gasteiger partial charge in [0.2, 0.25) is 11.8 Å². The predicted molar refractivity (Wildman–Crippen MR) is 147 cm³/mol. The summed E-state index contributed by atoms with van der Waals surface area (Å²) in [7, 11) is 3.68. The van der Waals surface area contributed by atoms with E-state index in [1.165, 1.54) is 11.9 Å². The number of anilines is 1. The predicted octanol–water partition coefficient (Wildman–Crippen LogP) is 5.63. The minimum absolute atomic E-state index is 0.255. The van der Waals surface area contributed by atoms with Crippen molar-refractivity contribution in [3.63, 3.8) is 0 Å². The monoisotopic (exact) mass is 516 g/mol. The van der Waals surface area contributed by atoms with Crippen LogP contribution in [0.15, 0.2) is 65.8 Å². The molecule has 0 atom stereocenters. The molecule has 0 saturated carbocycles. The Morgan fingerprint density at radius 1 is 1.03 bits per heavy atom. The molecule has 0 radical (unpaired) electrons. The molecule has 1 aliphatic heterocycles. The molecule has 5 rings (SSSR count). The molecular formula is C28H32N6O2S. The second-order valence-corrected chi connectivity index (χ2v) is 10.2. The van der Waals surface area contributed by atoms with Crippen LogP contribution >= 0.6 is 11.9 Å². The average Bonchev–Trinajstić information content (AvgIpc) is 3.33. The number of hydrogen-bond donors (Lipinski definition) is 2. The standard InChI is InChI=1S/C28H32N6O2S/c1-19-6-5-7-20(2)26(19)24-16-25(32-27(31-24)33-37-23-17-30-34(3)18-23)36-22-10-8-21(9-11-22)28(35-4)12-14-29-15-13-28/h5-11,16-18,29H,12-15H2,1-4H3,(H,31,32,33). The van der Waals surface area contributed by atoms with Crippen molar-refractivity contribution in [3.05, 3.63) is 77.6 Å². The van der Waals surface area contributed by atoms with Crippen molar-refractivity contribution in [3.8, 4) is 22.9 Å². The summed E-state index contributed by atoms with van der Waals surface area (Å²) in [5, 5.41) is 7.63. The van der Waals surface area contributed by atoms with Crippen LogP contribution in [-0.4, -0.2) is 39.9 Å². The maximum atomic E-state index is 6.26. The summed E-state index contributed by atoms with van der Waals surface area (Å²) in [6.45, 7) is 6.07. The van der Waals surface area contributed by atoms with E-state index in [1.54, 1.807) is 18.0 Å². The van der Waals surface area contributed by atoms with E-state index >= 15 is 0 Å². The minimum Gasteiger partial charge on any atom is -0.439 e. The molecule has 2 N–H and O–H groups in total. The summed E-state index contributed by atoms with van der Waals surface area (Å²) in [4.78, 5) is 10.4. The van der Waals surface area contributed by atoms with Crippen molar-refractivity contribution in [2.75, 3.05) is 24.9 Å². The molecule has 192 valence electrons. The summed E-state index contributed by atoms with van der Waals surface area (Å²) in [5.74, 6) is 1.65. The molecule has 1 saturated heterocycles. The number of rotatable bonds is 8. The molecule has 0 spiro atoms. The highest BCUT2D eigenvalue weighted by Gasteiger charge is 2.33. The molecule has 1 fully saturated rings. The van der Waals surface area contributed by atoms with Gasteiger partial charge >= 0.3 is 0 Å². The first kappa shape index (κ1) is 25.3. The summed E-state index contributed by atoms with van der Waals surface area (Å²) < 4.78 is 17.2. The molecule has 0 bridgehead atoms. The lowest BCUT2D eigenvalue weighted by Gasteiger charge is -2.36. The van der Waals surface area contributed by atoms with Crippen LogP contribution in [0, 0.1) is 13.8 Å². The zero-order chi connectivity index (χ0) is 25.8. The fourth-order valence-corrected chi connectivity index (χ4v) is 5.42. The van der Waals surface area contributed by atoms with Gasteiger partial charge in [-0.25, -0.2) is 4.98 Å². The third kappa shape index (κ3) is 5.64. The first-order valence-electron chi connectivity index (χ1n) is 12.4.